The van der Waals surface area contributed by atoms with Crippen molar-refractivity contribution in [3.8, 4) is 11.4 Å². The molecule has 16 heavy (non-hydrogen) atoms. The maximum atomic E-state index is 5.75. The summed E-state index contributed by atoms with van der Waals surface area (Å²) >= 11 is 0. The molecule has 0 spiro atoms. The molecule has 3 aromatic rings. The molecule has 2 aromatic heterocycles. The highest BCUT2D eigenvalue weighted by Gasteiger charge is 2.11. The van der Waals surface area contributed by atoms with Gasteiger partial charge in [-0.2, -0.15) is 0 Å². The first-order valence-corrected chi connectivity index (χ1v) is 4.81. The molecule has 0 unspecified atom stereocenters. The molecule has 0 aliphatic heterocycles. The van der Waals surface area contributed by atoms with Crippen LogP contribution in [0.15, 0.2) is 30.3 Å². The molecular formula is C10H10N6. The zero-order chi connectivity index (χ0) is 11.1. The van der Waals surface area contributed by atoms with Gasteiger partial charge in [0.15, 0.2) is 17.3 Å². The van der Waals surface area contributed by atoms with Crippen molar-refractivity contribution in [3.05, 3.63) is 30.3 Å². The van der Waals surface area contributed by atoms with E-state index in [9.17, 15) is 0 Å². The Balaban J connectivity index is 2.20. The third-order valence-corrected chi connectivity index (χ3v) is 2.41. The molecule has 0 atom stereocenters. The Kier molecular flexibility index (Phi) is 1.64. The summed E-state index contributed by atoms with van der Waals surface area (Å²) in [5.74, 6) is 1.01. The van der Waals surface area contributed by atoms with Crippen LogP contribution in [0.1, 0.15) is 0 Å². The van der Waals surface area contributed by atoms with Crippen LogP contribution in [0.2, 0.25) is 0 Å². The van der Waals surface area contributed by atoms with Gasteiger partial charge in [0, 0.05) is 5.56 Å². The smallest absolute Gasteiger partial charge is 0.181 e. The Morgan fingerprint density at radius 1 is 1.06 bits per heavy atom. The molecular weight excluding hydrogens is 204 g/mol. The number of hydrogen-bond acceptors (Lipinski definition) is 4. The van der Waals surface area contributed by atoms with E-state index in [1.165, 1.54) is 4.63 Å². The molecule has 1 aromatic carbocycles. The van der Waals surface area contributed by atoms with Crippen molar-refractivity contribution in [3.63, 3.8) is 0 Å². The topological polar surface area (TPSA) is 98.0 Å². The number of benzene rings is 1. The van der Waals surface area contributed by atoms with Crippen LogP contribution in [0.3, 0.4) is 0 Å². The highest BCUT2D eigenvalue weighted by atomic mass is 15.5. The number of aromatic amines is 1. The van der Waals surface area contributed by atoms with Crippen LogP contribution in [0, 0.1) is 0 Å². The third kappa shape index (κ3) is 1.13. The van der Waals surface area contributed by atoms with Crippen LogP contribution < -0.4 is 11.5 Å². The number of aromatic nitrogens is 4. The number of rotatable bonds is 1. The zero-order valence-corrected chi connectivity index (χ0v) is 8.38. The predicted molar refractivity (Wildman–Crippen MR) is 61.6 cm³/mol. The van der Waals surface area contributed by atoms with Crippen molar-refractivity contribution in [1.29, 1.82) is 0 Å². The summed E-state index contributed by atoms with van der Waals surface area (Å²) in [4.78, 5) is 3.09. The fourth-order valence-corrected chi connectivity index (χ4v) is 1.58. The number of hydrogen-bond donors (Lipinski definition) is 3. The minimum Gasteiger partial charge on any atom is -0.393 e. The van der Waals surface area contributed by atoms with Crippen molar-refractivity contribution < 1.29 is 0 Å². The van der Waals surface area contributed by atoms with Crippen molar-refractivity contribution >= 4 is 17.2 Å². The fraction of sp³-hybridized carbons (Fsp3) is 0. The lowest BCUT2D eigenvalue weighted by Gasteiger charge is -1.93. The summed E-state index contributed by atoms with van der Waals surface area (Å²) in [6.45, 7) is 0. The number of nitrogens with one attached hydrogen (secondary N) is 1. The van der Waals surface area contributed by atoms with Crippen LogP contribution in [-0.2, 0) is 0 Å². The summed E-state index contributed by atoms with van der Waals surface area (Å²) < 4.78 is 1.41. The minimum absolute atomic E-state index is 0.290. The summed E-state index contributed by atoms with van der Waals surface area (Å²) in [6, 6.07) is 9.75. The minimum atomic E-state index is 0.290. The van der Waals surface area contributed by atoms with Crippen LogP contribution >= 0.6 is 0 Å². The lowest BCUT2D eigenvalue weighted by Crippen LogP contribution is -1.93. The second-order valence-electron chi connectivity index (χ2n) is 3.48. The molecule has 2 heterocycles. The lowest BCUT2D eigenvalue weighted by atomic mass is 10.2. The second-order valence-corrected chi connectivity index (χ2v) is 3.48. The molecule has 5 N–H and O–H groups in total. The van der Waals surface area contributed by atoms with Gasteiger partial charge in [-0.3, -0.25) is 0 Å². The number of nitrogens with two attached hydrogens (primary N) is 2. The van der Waals surface area contributed by atoms with Crippen LogP contribution in [0.25, 0.3) is 17.0 Å². The Labute approximate surface area is 90.9 Å². The highest BCUT2D eigenvalue weighted by Crippen LogP contribution is 2.21. The molecule has 0 fully saturated rings. The summed E-state index contributed by atoms with van der Waals surface area (Å²) in [5, 5.41) is 8.24. The van der Waals surface area contributed by atoms with E-state index in [4.69, 9.17) is 11.5 Å². The van der Waals surface area contributed by atoms with Crippen LogP contribution in [-0.4, -0.2) is 19.8 Å². The first kappa shape index (κ1) is 8.78. The first-order chi connectivity index (χ1) is 7.75. The van der Waals surface area contributed by atoms with E-state index in [2.05, 4.69) is 15.2 Å². The van der Waals surface area contributed by atoms with Gasteiger partial charge in [-0.25, -0.2) is 0 Å². The molecule has 80 valence electrons. The largest absolute Gasteiger partial charge is 0.393 e. The molecule has 6 heteroatoms. The summed E-state index contributed by atoms with van der Waals surface area (Å²) in [5.41, 5.74) is 13.3. The number of nitrogen functional groups attached to an aromatic ring is 2. The van der Waals surface area contributed by atoms with Gasteiger partial charge in [-0.1, -0.05) is 30.3 Å². The molecule has 0 amide bonds. The van der Waals surface area contributed by atoms with Gasteiger partial charge < -0.3 is 16.5 Å². The Bertz CT molecular complexity index is 636. The summed E-state index contributed by atoms with van der Waals surface area (Å²) in [6.07, 6.45) is 0. The lowest BCUT2D eigenvalue weighted by molar-refractivity contribution is 0.830. The normalized spacial score (nSPS) is 11.0. The predicted octanol–water partition coefficient (Wildman–Crippen LogP) is 0.889. The Morgan fingerprint density at radius 3 is 2.50 bits per heavy atom. The average molecular weight is 214 g/mol. The van der Waals surface area contributed by atoms with Gasteiger partial charge in [0.1, 0.15) is 5.69 Å². The van der Waals surface area contributed by atoms with E-state index >= 15 is 0 Å². The van der Waals surface area contributed by atoms with E-state index in [0.29, 0.717) is 17.2 Å². The van der Waals surface area contributed by atoms with E-state index in [1.807, 2.05) is 30.3 Å². The van der Waals surface area contributed by atoms with Crippen molar-refractivity contribution in [2.24, 2.45) is 0 Å². The standard InChI is InChI=1S/C10H10N6/c11-7-8(12)14-16-10(7)13-9(15-16)6-4-2-1-3-5-6/h1-5H,11H2,(H2,12,14)(H,13,15). The van der Waals surface area contributed by atoms with Gasteiger partial charge in [-0.05, 0) is 0 Å². The number of fused-ring (bicyclic) bond motifs is 1. The van der Waals surface area contributed by atoms with Crippen LogP contribution in [0.5, 0.6) is 0 Å². The van der Waals surface area contributed by atoms with Crippen molar-refractivity contribution in [2.75, 3.05) is 11.5 Å². The highest BCUT2D eigenvalue weighted by molar-refractivity contribution is 5.77. The van der Waals surface area contributed by atoms with E-state index in [-0.39, 0.29) is 0 Å². The molecule has 0 aliphatic rings. The molecule has 3 rings (SSSR count). The molecule has 0 saturated carbocycles. The number of anilines is 2. The fourth-order valence-electron chi connectivity index (χ4n) is 1.58. The summed E-state index contributed by atoms with van der Waals surface area (Å²) in [7, 11) is 0. The quantitative estimate of drug-likeness (QED) is 0.560. The maximum Gasteiger partial charge on any atom is 0.181 e. The van der Waals surface area contributed by atoms with Gasteiger partial charge in [-0.15, -0.1) is 14.8 Å². The van der Waals surface area contributed by atoms with Gasteiger partial charge in [0.25, 0.3) is 0 Å². The monoisotopic (exact) mass is 214 g/mol. The SMILES string of the molecule is Nc1nn2nc(-c3ccccc3)[nH]c2c1N. The average Bonchev–Trinajstić information content (AvgIpc) is 2.82. The number of nitrogens with zero attached hydrogens (tertiary/aromatic N) is 3. The Morgan fingerprint density at radius 2 is 1.81 bits per heavy atom. The second kappa shape index (κ2) is 2.99. The van der Waals surface area contributed by atoms with Gasteiger partial charge in [0.05, 0.1) is 0 Å². The maximum absolute atomic E-state index is 5.75. The van der Waals surface area contributed by atoms with E-state index in [1.54, 1.807) is 0 Å². The van der Waals surface area contributed by atoms with Gasteiger partial charge >= 0.3 is 0 Å². The molecule has 0 aliphatic carbocycles. The molecule has 6 nitrogen and oxygen atoms in total. The van der Waals surface area contributed by atoms with Gasteiger partial charge in [0.2, 0.25) is 0 Å². The van der Waals surface area contributed by atoms with Crippen LogP contribution in [0.4, 0.5) is 11.5 Å². The third-order valence-electron chi connectivity index (χ3n) is 2.41. The Hall–Kier alpha value is -2.50. The first-order valence-electron chi connectivity index (χ1n) is 4.81. The van der Waals surface area contributed by atoms with E-state index < -0.39 is 0 Å². The van der Waals surface area contributed by atoms with E-state index in [0.717, 1.165) is 11.4 Å². The molecule has 0 saturated heterocycles. The van der Waals surface area contributed by atoms with Crippen molar-refractivity contribution in [1.82, 2.24) is 19.8 Å². The molecule has 0 radical (unpaired) electrons. The molecule has 0 bridgehead atoms. The van der Waals surface area contributed by atoms with Crippen molar-refractivity contribution in [2.45, 2.75) is 0 Å². The number of H-pyrrole nitrogens is 1. The zero-order valence-electron chi connectivity index (χ0n) is 8.38.